The molecule has 0 aliphatic carbocycles. The van der Waals surface area contributed by atoms with Gasteiger partial charge in [0.25, 0.3) is 0 Å². The highest BCUT2D eigenvalue weighted by Gasteiger charge is 2.38. The Morgan fingerprint density at radius 1 is 1.30 bits per heavy atom. The number of aromatic nitrogens is 1. The minimum absolute atomic E-state index is 0.325. The second-order valence-corrected chi connectivity index (χ2v) is 7.95. The number of ether oxygens (including phenoxy) is 2. The molecule has 0 N–H and O–H groups in total. The van der Waals surface area contributed by atoms with Crippen LogP contribution in [0.2, 0.25) is 0 Å². The first kappa shape index (κ1) is 17.2. The molecule has 1 fully saturated rings. The molecule has 1 aromatic heterocycles. The van der Waals surface area contributed by atoms with Crippen molar-refractivity contribution in [2.75, 3.05) is 20.3 Å². The van der Waals surface area contributed by atoms with E-state index in [2.05, 4.69) is 40.2 Å². The van der Waals surface area contributed by atoms with Gasteiger partial charge in [0.15, 0.2) is 0 Å². The number of thiocarbonyl (C=S) groups is 1. The Morgan fingerprint density at radius 3 is 2.52 bits per heavy atom. The van der Waals surface area contributed by atoms with E-state index in [0.29, 0.717) is 13.2 Å². The van der Waals surface area contributed by atoms with Crippen molar-refractivity contribution in [3.8, 4) is 10.4 Å². The number of halogens is 1. The van der Waals surface area contributed by atoms with Crippen LogP contribution in [0.3, 0.4) is 0 Å². The zero-order valence-electron chi connectivity index (χ0n) is 13.1. The van der Waals surface area contributed by atoms with Gasteiger partial charge in [-0.05, 0) is 34.0 Å². The lowest BCUT2D eigenvalue weighted by atomic mass is 9.95. The highest BCUT2D eigenvalue weighted by molar-refractivity contribution is 9.10. The van der Waals surface area contributed by atoms with Gasteiger partial charge in [-0.1, -0.05) is 36.5 Å². The van der Waals surface area contributed by atoms with Crippen molar-refractivity contribution in [2.24, 2.45) is 0 Å². The molecule has 1 aliphatic rings. The fourth-order valence-corrected chi connectivity index (χ4v) is 4.83. The first-order chi connectivity index (χ1) is 11.1. The summed E-state index contributed by atoms with van der Waals surface area (Å²) in [6.07, 6.45) is 1.68. The van der Waals surface area contributed by atoms with E-state index in [1.807, 2.05) is 6.92 Å². The lowest BCUT2D eigenvalue weighted by Crippen LogP contribution is -2.35. The summed E-state index contributed by atoms with van der Waals surface area (Å²) in [6, 6.07) is 8.31. The predicted octanol–water partition coefficient (Wildman–Crippen LogP) is 4.96. The Kier molecular flexibility index (Phi) is 5.28. The average Bonchev–Trinajstić information content (AvgIpc) is 2.98. The van der Waals surface area contributed by atoms with Crippen LogP contribution >= 0.6 is 39.5 Å². The Bertz CT molecular complexity index is 706. The molecule has 0 saturated carbocycles. The van der Waals surface area contributed by atoms with Crippen molar-refractivity contribution >= 4 is 44.3 Å². The monoisotopic (exact) mass is 411 g/mol. The van der Waals surface area contributed by atoms with Gasteiger partial charge in [0, 0.05) is 38.0 Å². The highest BCUT2D eigenvalue weighted by Crippen LogP contribution is 2.43. The smallest absolute Gasteiger partial charge is 0.127 e. The maximum absolute atomic E-state index is 5.85. The average molecular weight is 412 g/mol. The van der Waals surface area contributed by atoms with Crippen molar-refractivity contribution < 1.29 is 9.47 Å². The third kappa shape index (κ3) is 3.42. The molecular weight excluding hydrogens is 394 g/mol. The molecule has 0 bridgehead atoms. The van der Waals surface area contributed by atoms with Crippen molar-refractivity contribution in [1.82, 2.24) is 4.98 Å². The number of nitrogens with zero attached hydrogens (tertiary/aromatic N) is 1. The largest absolute Gasteiger partial charge is 0.381 e. The predicted molar refractivity (Wildman–Crippen MR) is 101 cm³/mol. The molecule has 122 valence electrons. The molecule has 0 amide bonds. The van der Waals surface area contributed by atoms with E-state index < -0.39 is 0 Å². The van der Waals surface area contributed by atoms with Gasteiger partial charge in [0.2, 0.25) is 0 Å². The molecular formula is C17H18BrNO2S2. The fourth-order valence-electron chi connectivity index (χ4n) is 2.74. The van der Waals surface area contributed by atoms with Crippen LogP contribution in [-0.2, 0) is 15.1 Å². The molecule has 0 atom stereocenters. The van der Waals surface area contributed by atoms with Crippen LogP contribution in [-0.4, -0.2) is 30.2 Å². The van der Waals surface area contributed by atoms with Gasteiger partial charge in [-0.2, -0.15) is 0 Å². The summed E-state index contributed by atoms with van der Waals surface area (Å²) in [7, 11) is 1.76. The standard InChI is InChI=1S/C17H18BrNO2S2/c1-11(22)12-3-5-13(6-4-12)14-15(18)19-16(23-14)17(20-2)7-9-21-10-8-17/h3-6H,7-10H2,1-2H3. The molecule has 0 spiro atoms. The Morgan fingerprint density at radius 2 is 1.96 bits per heavy atom. The normalized spacial score (nSPS) is 17.2. The first-order valence-electron chi connectivity index (χ1n) is 7.47. The van der Waals surface area contributed by atoms with Crippen LogP contribution in [0.1, 0.15) is 30.3 Å². The van der Waals surface area contributed by atoms with E-state index in [9.17, 15) is 0 Å². The highest BCUT2D eigenvalue weighted by atomic mass is 79.9. The van der Waals surface area contributed by atoms with Crippen LogP contribution in [0.4, 0.5) is 0 Å². The van der Waals surface area contributed by atoms with E-state index in [-0.39, 0.29) is 5.60 Å². The van der Waals surface area contributed by atoms with Crippen LogP contribution in [0, 0.1) is 0 Å². The molecule has 0 radical (unpaired) electrons. The van der Waals surface area contributed by atoms with Crippen LogP contribution in [0.25, 0.3) is 10.4 Å². The minimum Gasteiger partial charge on any atom is -0.381 e. The van der Waals surface area contributed by atoms with Gasteiger partial charge in [-0.3, -0.25) is 0 Å². The maximum atomic E-state index is 5.85. The third-order valence-corrected chi connectivity index (χ3v) is 6.58. The van der Waals surface area contributed by atoms with Gasteiger partial charge >= 0.3 is 0 Å². The van der Waals surface area contributed by atoms with Gasteiger partial charge < -0.3 is 9.47 Å². The summed E-state index contributed by atoms with van der Waals surface area (Å²) in [5.41, 5.74) is 1.90. The number of rotatable bonds is 4. The minimum atomic E-state index is -0.325. The van der Waals surface area contributed by atoms with Gasteiger partial charge in [0.05, 0.1) is 4.88 Å². The lowest BCUT2D eigenvalue weighted by molar-refractivity contribution is -0.0948. The Labute approximate surface area is 154 Å². The van der Waals surface area contributed by atoms with E-state index in [4.69, 9.17) is 26.7 Å². The topological polar surface area (TPSA) is 31.4 Å². The number of benzene rings is 1. The second-order valence-electron chi connectivity index (χ2n) is 5.58. The fraction of sp³-hybridized carbons (Fsp3) is 0.412. The van der Waals surface area contributed by atoms with Crippen LogP contribution in [0.5, 0.6) is 0 Å². The maximum Gasteiger partial charge on any atom is 0.127 e. The number of hydrogen-bond donors (Lipinski definition) is 0. The summed E-state index contributed by atoms with van der Waals surface area (Å²) in [5, 5.41) is 1.01. The summed E-state index contributed by atoms with van der Waals surface area (Å²) in [6.45, 7) is 3.37. The summed E-state index contributed by atoms with van der Waals surface area (Å²) < 4.78 is 12.2. The Hall–Kier alpha value is -0.660. The zero-order chi connectivity index (χ0) is 16.4. The van der Waals surface area contributed by atoms with Crippen molar-refractivity contribution in [3.05, 3.63) is 39.4 Å². The first-order valence-corrected chi connectivity index (χ1v) is 9.48. The summed E-state index contributed by atoms with van der Waals surface area (Å²) in [5.74, 6) is 0. The summed E-state index contributed by atoms with van der Waals surface area (Å²) >= 11 is 10.5. The van der Waals surface area contributed by atoms with Crippen LogP contribution < -0.4 is 0 Å². The molecule has 1 saturated heterocycles. The number of thiazole rings is 1. The molecule has 1 aliphatic heterocycles. The summed E-state index contributed by atoms with van der Waals surface area (Å²) in [4.78, 5) is 6.77. The van der Waals surface area contributed by atoms with Crippen LogP contribution in [0.15, 0.2) is 28.9 Å². The molecule has 3 nitrogen and oxygen atoms in total. The van der Waals surface area contributed by atoms with E-state index in [1.54, 1.807) is 18.4 Å². The molecule has 23 heavy (non-hydrogen) atoms. The molecule has 2 aromatic rings. The lowest BCUT2D eigenvalue weighted by Gasteiger charge is -2.33. The third-order valence-electron chi connectivity index (χ3n) is 4.22. The SMILES string of the molecule is COC1(c2nc(Br)c(-c3ccc(C(C)=S)cc3)s2)CCOCC1. The van der Waals surface area contributed by atoms with E-state index >= 15 is 0 Å². The van der Waals surface area contributed by atoms with Crippen molar-refractivity contribution in [2.45, 2.75) is 25.4 Å². The van der Waals surface area contributed by atoms with Gasteiger partial charge in [0.1, 0.15) is 15.2 Å². The quantitative estimate of drug-likeness (QED) is 0.525. The molecule has 0 unspecified atom stereocenters. The zero-order valence-corrected chi connectivity index (χ0v) is 16.3. The Balaban J connectivity index is 1.95. The van der Waals surface area contributed by atoms with Crippen molar-refractivity contribution in [3.63, 3.8) is 0 Å². The second kappa shape index (κ2) is 7.07. The molecule has 3 rings (SSSR count). The molecule has 6 heteroatoms. The molecule has 2 heterocycles. The van der Waals surface area contributed by atoms with Gasteiger partial charge in [-0.25, -0.2) is 4.98 Å². The van der Waals surface area contributed by atoms with Crippen molar-refractivity contribution in [1.29, 1.82) is 0 Å². The van der Waals surface area contributed by atoms with Gasteiger partial charge in [-0.15, -0.1) is 11.3 Å². The van der Waals surface area contributed by atoms with E-state index in [1.165, 1.54) is 0 Å². The number of hydrogen-bond acceptors (Lipinski definition) is 5. The number of methoxy groups -OCH3 is 1. The van der Waals surface area contributed by atoms with E-state index in [0.717, 1.165) is 43.3 Å². The molecule has 1 aromatic carbocycles.